The summed E-state index contributed by atoms with van der Waals surface area (Å²) in [6.45, 7) is 1.98. The molecule has 0 aliphatic rings. The Morgan fingerprint density at radius 3 is 2.52 bits per heavy atom. The van der Waals surface area contributed by atoms with Gasteiger partial charge in [0, 0.05) is 23.6 Å². The number of rotatable bonds is 4. The third kappa shape index (κ3) is 4.33. The fraction of sp³-hybridized carbons (Fsp3) is 0.0952. The van der Waals surface area contributed by atoms with E-state index < -0.39 is 5.91 Å². The average Bonchev–Trinajstić information content (AvgIpc) is 2.68. The normalized spacial score (nSPS) is 11.3. The molecule has 2 aromatic carbocycles. The second-order valence-electron chi connectivity index (χ2n) is 6.02. The molecule has 1 aromatic heterocycles. The molecule has 6 heteroatoms. The van der Waals surface area contributed by atoms with Gasteiger partial charge in [-0.1, -0.05) is 41.9 Å². The lowest BCUT2D eigenvalue weighted by molar-refractivity contribution is -0.117. The van der Waals surface area contributed by atoms with Gasteiger partial charge in [-0.05, 0) is 42.8 Å². The monoisotopic (exact) mass is 379 g/mol. The Morgan fingerprint density at radius 1 is 1.07 bits per heavy atom. The molecule has 0 radical (unpaired) electrons. The number of carbonyl (C=O) groups excluding carboxylic acids is 2. The molecule has 3 rings (SSSR count). The molecule has 0 spiro atoms. The fourth-order valence-corrected chi connectivity index (χ4v) is 2.80. The van der Waals surface area contributed by atoms with E-state index in [9.17, 15) is 9.59 Å². The van der Waals surface area contributed by atoms with E-state index in [1.807, 2.05) is 37.3 Å². The highest BCUT2D eigenvalue weighted by molar-refractivity contribution is 6.31. The number of benzene rings is 2. The zero-order valence-corrected chi connectivity index (χ0v) is 15.7. The molecule has 0 atom stereocenters. The SMILES string of the molecule is CNC(=O)C(=Cc1cc2ccc(C)cc2nc1Cl)NC(=O)c1ccccc1. The van der Waals surface area contributed by atoms with E-state index in [2.05, 4.69) is 15.6 Å². The van der Waals surface area contributed by atoms with Crippen molar-refractivity contribution in [2.24, 2.45) is 0 Å². The van der Waals surface area contributed by atoms with Gasteiger partial charge in [-0.2, -0.15) is 0 Å². The number of halogens is 1. The Kier molecular flexibility index (Phi) is 5.52. The van der Waals surface area contributed by atoms with Crippen LogP contribution in [0.4, 0.5) is 0 Å². The molecule has 2 N–H and O–H groups in total. The zero-order chi connectivity index (χ0) is 19.4. The lowest BCUT2D eigenvalue weighted by atomic mass is 10.1. The molecular formula is C21H18ClN3O2. The summed E-state index contributed by atoms with van der Waals surface area (Å²) in [5.74, 6) is -0.815. The number of fused-ring (bicyclic) bond motifs is 1. The fourth-order valence-electron chi connectivity index (χ4n) is 2.60. The first-order valence-corrected chi connectivity index (χ1v) is 8.73. The Morgan fingerprint density at radius 2 is 1.81 bits per heavy atom. The van der Waals surface area contributed by atoms with Gasteiger partial charge in [0.05, 0.1) is 5.52 Å². The maximum Gasteiger partial charge on any atom is 0.267 e. The van der Waals surface area contributed by atoms with Gasteiger partial charge in [0.1, 0.15) is 10.9 Å². The van der Waals surface area contributed by atoms with Crippen LogP contribution in [0.2, 0.25) is 5.15 Å². The molecule has 1 heterocycles. The number of likely N-dealkylation sites (N-methyl/N-ethyl adjacent to an activating group) is 1. The van der Waals surface area contributed by atoms with E-state index in [0.717, 1.165) is 16.5 Å². The highest BCUT2D eigenvalue weighted by atomic mass is 35.5. The molecule has 0 saturated carbocycles. The van der Waals surface area contributed by atoms with Gasteiger partial charge in [-0.3, -0.25) is 9.59 Å². The van der Waals surface area contributed by atoms with Crippen LogP contribution in [-0.2, 0) is 4.79 Å². The Hall–Kier alpha value is -3.18. The van der Waals surface area contributed by atoms with Crippen LogP contribution in [0.5, 0.6) is 0 Å². The van der Waals surface area contributed by atoms with Crippen molar-refractivity contribution in [1.29, 1.82) is 0 Å². The molecular weight excluding hydrogens is 362 g/mol. The van der Waals surface area contributed by atoms with Gasteiger partial charge < -0.3 is 10.6 Å². The van der Waals surface area contributed by atoms with Crippen molar-refractivity contribution in [2.75, 3.05) is 7.05 Å². The molecule has 3 aromatic rings. The minimum Gasteiger partial charge on any atom is -0.354 e. The van der Waals surface area contributed by atoms with E-state index in [0.29, 0.717) is 11.1 Å². The number of carbonyl (C=O) groups is 2. The van der Waals surface area contributed by atoms with E-state index in [-0.39, 0.29) is 16.8 Å². The standard InChI is InChI=1S/C21H18ClN3O2/c1-13-8-9-15-11-16(19(22)24-17(15)10-13)12-18(21(27)23-2)25-20(26)14-6-4-3-5-7-14/h3-12H,1-2H3,(H,23,27)(H,25,26). The molecule has 0 saturated heterocycles. The van der Waals surface area contributed by atoms with Gasteiger partial charge in [0.25, 0.3) is 11.8 Å². The van der Waals surface area contributed by atoms with Crippen LogP contribution in [0.3, 0.4) is 0 Å². The minimum atomic E-state index is -0.431. The summed E-state index contributed by atoms with van der Waals surface area (Å²) in [6.07, 6.45) is 1.52. The van der Waals surface area contributed by atoms with Gasteiger partial charge in [-0.25, -0.2) is 4.98 Å². The molecule has 27 heavy (non-hydrogen) atoms. The highest BCUT2D eigenvalue weighted by Gasteiger charge is 2.14. The number of hydrogen-bond acceptors (Lipinski definition) is 3. The van der Waals surface area contributed by atoms with Gasteiger partial charge in [-0.15, -0.1) is 0 Å². The number of aryl methyl sites for hydroxylation is 1. The summed E-state index contributed by atoms with van der Waals surface area (Å²) in [5.41, 5.74) is 2.93. The summed E-state index contributed by atoms with van der Waals surface area (Å²) in [7, 11) is 1.49. The number of hydrogen-bond donors (Lipinski definition) is 2. The lowest BCUT2D eigenvalue weighted by Gasteiger charge is -2.10. The third-order valence-corrected chi connectivity index (χ3v) is 4.31. The van der Waals surface area contributed by atoms with Crippen molar-refractivity contribution in [3.05, 3.63) is 82.1 Å². The van der Waals surface area contributed by atoms with Gasteiger partial charge in [0.2, 0.25) is 0 Å². The summed E-state index contributed by atoms with van der Waals surface area (Å²) in [4.78, 5) is 29.1. The largest absolute Gasteiger partial charge is 0.354 e. The molecule has 0 bridgehead atoms. The zero-order valence-electron chi connectivity index (χ0n) is 14.9. The van der Waals surface area contributed by atoms with Crippen molar-refractivity contribution in [3.63, 3.8) is 0 Å². The van der Waals surface area contributed by atoms with Crippen molar-refractivity contribution in [1.82, 2.24) is 15.6 Å². The molecule has 0 unspecified atom stereocenters. The van der Waals surface area contributed by atoms with Crippen molar-refractivity contribution in [3.8, 4) is 0 Å². The highest BCUT2D eigenvalue weighted by Crippen LogP contribution is 2.23. The predicted octanol–water partition coefficient (Wildman–Crippen LogP) is 3.71. The van der Waals surface area contributed by atoms with Crippen LogP contribution in [-0.4, -0.2) is 23.8 Å². The molecule has 136 valence electrons. The van der Waals surface area contributed by atoms with E-state index in [1.54, 1.807) is 24.3 Å². The van der Waals surface area contributed by atoms with Gasteiger partial charge >= 0.3 is 0 Å². The van der Waals surface area contributed by atoms with Crippen molar-refractivity contribution >= 4 is 40.4 Å². The summed E-state index contributed by atoms with van der Waals surface area (Å²) in [5, 5.41) is 6.31. The maximum atomic E-state index is 12.4. The first-order valence-electron chi connectivity index (χ1n) is 8.35. The smallest absolute Gasteiger partial charge is 0.267 e. The Bertz CT molecular complexity index is 1050. The second kappa shape index (κ2) is 8.01. The molecule has 2 amide bonds. The van der Waals surface area contributed by atoms with E-state index in [1.165, 1.54) is 13.1 Å². The molecule has 5 nitrogen and oxygen atoms in total. The van der Waals surface area contributed by atoms with Crippen LogP contribution >= 0.6 is 11.6 Å². The van der Waals surface area contributed by atoms with Crippen LogP contribution < -0.4 is 10.6 Å². The number of pyridine rings is 1. The third-order valence-electron chi connectivity index (χ3n) is 4.01. The minimum absolute atomic E-state index is 0.0847. The first-order chi connectivity index (χ1) is 13.0. The Balaban J connectivity index is 2.00. The van der Waals surface area contributed by atoms with Crippen LogP contribution in [0.1, 0.15) is 21.5 Å². The quantitative estimate of drug-likeness (QED) is 0.536. The number of amides is 2. The van der Waals surface area contributed by atoms with E-state index in [4.69, 9.17) is 11.6 Å². The summed E-state index contributed by atoms with van der Waals surface area (Å²) >= 11 is 6.30. The van der Waals surface area contributed by atoms with E-state index >= 15 is 0 Å². The number of aromatic nitrogens is 1. The summed E-state index contributed by atoms with van der Waals surface area (Å²) in [6, 6.07) is 16.3. The first kappa shape index (κ1) is 18.6. The van der Waals surface area contributed by atoms with Crippen molar-refractivity contribution < 1.29 is 9.59 Å². The topological polar surface area (TPSA) is 71.1 Å². The summed E-state index contributed by atoms with van der Waals surface area (Å²) < 4.78 is 0. The lowest BCUT2D eigenvalue weighted by Crippen LogP contribution is -2.33. The van der Waals surface area contributed by atoms with Crippen LogP contribution in [0, 0.1) is 6.92 Å². The average molecular weight is 380 g/mol. The predicted molar refractivity (Wildman–Crippen MR) is 107 cm³/mol. The number of nitrogens with one attached hydrogen (secondary N) is 2. The Labute approximate surface area is 162 Å². The maximum absolute atomic E-state index is 12.4. The van der Waals surface area contributed by atoms with Crippen molar-refractivity contribution in [2.45, 2.75) is 6.92 Å². The van der Waals surface area contributed by atoms with Gasteiger partial charge in [0.15, 0.2) is 0 Å². The molecule has 0 fully saturated rings. The van der Waals surface area contributed by atoms with Crippen LogP contribution in [0.25, 0.3) is 17.0 Å². The molecule has 0 aliphatic carbocycles. The number of nitrogens with zero attached hydrogens (tertiary/aromatic N) is 1. The van der Waals surface area contributed by atoms with Crippen LogP contribution in [0.15, 0.2) is 60.3 Å². The molecule has 0 aliphatic heterocycles. The second-order valence-corrected chi connectivity index (χ2v) is 6.38.